The zero-order valence-electron chi connectivity index (χ0n) is 7.91. The molecular formula is C9H18N2. The van der Waals surface area contributed by atoms with Crippen LogP contribution < -0.4 is 0 Å². The lowest BCUT2D eigenvalue weighted by Crippen LogP contribution is -2.38. The van der Waals surface area contributed by atoms with Crippen molar-refractivity contribution in [3.8, 4) is 0 Å². The van der Waals surface area contributed by atoms with Crippen LogP contribution in [-0.4, -0.2) is 29.4 Å². The summed E-state index contributed by atoms with van der Waals surface area (Å²) in [6.07, 6.45) is 3.20. The smallest absolute Gasteiger partial charge is 0.0859 e. The Morgan fingerprint density at radius 1 is 1.55 bits per heavy atom. The molecule has 1 rings (SSSR count). The van der Waals surface area contributed by atoms with Gasteiger partial charge in [0.05, 0.1) is 12.4 Å². The minimum Gasteiger partial charge on any atom is -0.355 e. The lowest BCUT2D eigenvalue weighted by Gasteiger charge is -2.28. The fraction of sp³-hybridized carbons (Fsp3) is 0.889. The minimum absolute atomic E-state index is 0.476. The highest BCUT2D eigenvalue weighted by Crippen LogP contribution is 2.16. The summed E-state index contributed by atoms with van der Waals surface area (Å²) < 4.78 is 0. The normalized spacial score (nSPS) is 32.9. The van der Waals surface area contributed by atoms with E-state index >= 15 is 0 Å². The second-order valence-corrected chi connectivity index (χ2v) is 3.45. The fourth-order valence-electron chi connectivity index (χ4n) is 1.39. The van der Waals surface area contributed by atoms with Crippen molar-refractivity contribution in [3.63, 3.8) is 0 Å². The van der Waals surface area contributed by atoms with E-state index in [1.54, 1.807) is 0 Å². The first-order valence-electron chi connectivity index (χ1n) is 4.47. The van der Waals surface area contributed by atoms with E-state index in [1.807, 2.05) is 6.34 Å². The molecule has 0 fully saturated rings. The molecule has 0 N–H and O–H groups in total. The molecule has 1 heterocycles. The molecule has 0 saturated carbocycles. The molecule has 0 aromatic carbocycles. The molecule has 2 heteroatoms. The number of aliphatic imine (C=N–C) groups is 1. The van der Waals surface area contributed by atoms with Crippen molar-refractivity contribution in [2.45, 2.75) is 52.2 Å². The van der Waals surface area contributed by atoms with E-state index in [1.165, 1.54) is 6.42 Å². The quantitative estimate of drug-likeness (QED) is 0.593. The molecule has 64 valence electrons. The molecule has 0 spiro atoms. The van der Waals surface area contributed by atoms with Gasteiger partial charge in [0, 0.05) is 12.1 Å². The van der Waals surface area contributed by atoms with Crippen molar-refractivity contribution in [3.05, 3.63) is 0 Å². The molecule has 1 aliphatic heterocycles. The van der Waals surface area contributed by atoms with Crippen LogP contribution in [0.25, 0.3) is 0 Å². The fourth-order valence-corrected chi connectivity index (χ4v) is 1.39. The van der Waals surface area contributed by atoms with Gasteiger partial charge in [-0.2, -0.15) is 0 Å². The van der Waals surface area contributed by atoms with Gasteiger partial charge in [0.25, 0.3) is 0 Å². The van der Waals surface area contributed by atoms with E-state index in [0.29, 0.717) is 18.1 Å². The molecule has 0 saturated heterocycles. The van der Waals surface area contributed by atoms with Crippen molar-refractivity contribution in [1.82, 2.24) is 4.90 Å². The first kappa shape index (κ1) is 8.57. The minimum atomic E-state index is 0.476. The number of hydrogen-bond acceptors (Lipinski definition) is 2. The van der Waals surface area contributed by atoms with E-state index in [4.69, 9.17) is 0 Å². The summed E-state index contributed by atoms with van der Waals surface area (Å²) in [5.41, 5.74) is 0. The highest BCUT2D eigenvalue weighted by Gasteiger charge is 2.25. The van der Waals surface area contributed by atoms with Crippen LogP contribution >= 0.6 is 0 Å². The standard InChI is InChI=1S/C9H18N2/c1-5-7(2)11-6-10-8(3)9(11)4/h6-9H,5H2,1-4H3. The van der Waals surface area contributed by atoms with Crippen LogP contribution in [0.1, 0.15) is 34.1 Å². The van der Waals surface area contributed by atoms with Crippen LogP contribution in [0.15, 0.2) is 4.99 Å². The maximum atomic E-state index is 4.37. The van der Waals surface area contributed by atoms with Gasteiger partial charge in [0.2, 0.25) is 0 Å². The van der Waals surface area contributed by atoms with Gasteiger partial charge in [0.15, 0.2) is 0 Å². The third kappa shape index (κ3) is 1.55. The zero-order valence-corrected chi connectivity index (χ0v) is 7.91. The van der Waals surface area contributed by atoms with Crippen molar-refractivity contribution in [2.24, 2.45) is 4.99 Å². The zero-order chi connectivity index (χ0) is 8.43. The molecule has 0 aromatic heterocycles. The summed E-state index contributed by atoms with van der Waals surface area (Å²) in [4.78, 5) is 6.72. The Morgan fingerprint density at radius 2 is 2.18 bits per heavy atom. The average Bonchev–Trinajstić information content (AvgIpc) is 2.32. The summed E-state index contributed by atoms with van der Waals surface area (Å²) >= 11 is 0. The Bertz CT molecular complexity index is 154. The van der Waals surface area contributed by atoms with E-state index in [2.05, 4.69) is 37.6 Å². The summed E-state index contributed by atoms with van der Waals surface area (Å²) in [5, 5.41) is 0. The Kier molecular flexibility index (Phi) is 2.53. The molecule has 0 aromatic rings. The van der Waals surface area contributed by atoms with Gasteiger partial charge in [-0.05, 0) is 27.2 Å². The van der Waals surface area contributed by atoms with E-state index in [-0.39, 0.29) is 0 Å². The lowest BCUT2D eigenvalue weighted by molar-refractivity contribution is 0.266. The molecule has 11 heavy (non-hydrogen) atoms. The molecule has 0 radical (unpaired) electrons. The molecule has 1 aliphatic rings. The third-order valence-electron chi connectivity index (χ3n) is 2.70. The van der Waals surface area contributed by atoms with Crippen LogP contribution in [0.4, 0.5) is 0 Å². The molecule has 0 amide bonds. The van der Waals surface area contributed by atoms with Crippen LogP contribution in [0.2, 0.25) is 0 Å². The largest absolute Gasteiger partial charge is 0.355 e. The molecule has 3 atom stereocenters. The van der Waals surface area contributed by atoms with E-state index in [9.17, 15) is 0 Å². The number of nitrogens with zero attached hydrogens (tertiary/aromatic N) is 2. The molecule has 0 aliphatic carbocycles. The van der Waals surface area contributed by atoms with Gasteiger partial charge in [-0.25, -0.2) is 0 Å². The average molecular weight is 154 g/mol. The first-order chi connectivity index (χ1) is 5.16. The van der Waals surface area contributed by atoms with Crippen molar-refractivity contribution >= 4 is 6.34 Å². The van der Waals surface area contributed by atoms with Crippen LogP contribution in [0, 0.1) is 0 Å². The summed E-state index contributed by atoms with van der Waals surface area (Å²) in [6.45, 7) is 8.88. The summed E-state index contributed by atoms with van der Waals surface area (Å²) in [6, 6.07) is 1.70. The van der Waals surface area contributed by atoms with Gasteiger partial charge in [-0.3, -0.25) is 4.99 Å². The lowest BCUT2D eigenvalue weighted by atomic mass is 10.1. The Labute approximate surface area is 69.3 Å². The second kappa shape index (κ2) is 3.24. The van der Waals surface area contributed by atoms with Crippen LogP contribution in [0.5, 0.6) is 0 Å². The molecule has 3 unspecified atom stereocenters. The van der Waals surface area contributed by atoms with Gasteiger partial charge < -0.3 is 4.90 Å². The Balaban J connectivity index is 2.55. The van der Waals surface area contributed by atoms with Gasteiger partial charge in [-0.1, -0.05) is 6.92 Å². The van der Waals surface area contributed by atoms with Crippen molar-refractivity contribution in [2.75, 3.05) is 0 Å². The van der Waals surface area contributed by atoms with Crippen molar-refractivity contribution < 1.29 is 0 Å². The Morgan fingerprint density at radius 3 is 2.55 bits per heavy atom. The molecule has 0 bridgehead atoms. The van der Waals surface area contributed by atoms with Gasteiger partial charge in [0.1, 0.15) is 0 Å². The monoisotopic (exact) mass is 154 g/mol. The van der Waals surface area contributed by atoms with Crippen LogP contribution in [0.3, 0.4) is 0 Å². The highest BCUT2D eigenvalue weighted by molar-refractivity contribution is 5.59. The topological polar surface area (TPSA) is 15.6 Å². The van der Waals surface area contributed by atoms with E-state index in [0.717, 1.165) is 0 Å². The predicted octanol–water partition coefficient (Wildman–Crippen LogP) is 1.91. The third-order valence-corrected chi connectivity index (χ3v) is 2.70. The van der Waals surface area contributed by atoms with Crippen LogP contribution in [-0.2, 0) is 0 Å². The second-order valence-electron chi connectivity index (χ2n) is 3.45. The predicted molar refractivity (Wildman–Crippen MR) is 49.0 cm³/mol. The first-order valence-corrected chi connectivity index (χ1v) is 4.47. The maximum Gasteiger partial charge on any atom is 0.0859 e. The van der Waals surface area contributed by atoms with E-state index < -0.39 is 0 Å². The number of rotatable bonds is 2. The molecular weight excluding hydrogens is 136 g/mol. The van der Waals surface area contributed by atoms with Gasteiger partial charge in [-0.15, -0.1) is 0 Å². The summed E-state index contributed by atoms with van der Waals surface area (Å²) in [5.74, 6) is 0. The maximum absolute atomic E-state index is 4.37. The SMILES string of the molecule is CCC(C)N1C=NC(C)C1C. The van der Waals surface area contributed by atoms with Crippen molar-refractivity contribution in [1.29, 1.82) is 0 Å². The molecule has 2 nitrogen and oxygen atoms in total. The number of hydrogen-bond donors (Lipinski definition) is 0. The Hall–Kier alpha value is -0.530. The van der Waals surface area contributed by atoms with Gasteiger partial charge >= 0.3 is 0 Å². The summed E-state index contributed by atoms with van der Waals surface area (Å²) in [7, 11) is 0. The highest BCUT2D eigenvalue weighted by atomic mass is 15.3.